The highest BCUT2D eigenvalue weighted by atomic mass is 16.2. The molecule has 1 aromatic rings. The molecule has 2 heterocycles. The summed E-state index contributed by atoms with van der Waals surface area (Å²) < 4.78 is 1.93. The van der Waals surface area contributed by atoms with Gasteiger partial charge in [-0.2, -0.15) is 5.10 Å². The molecule has 0 spiro atoms. The summed E-state index contributed by atoms with van der Waals surface area (Å²) in [7, 11) is 1.80. The zero-order valence-corrected chi connectivity index (χ0v) is 15.5. The van der Waals surface area contributed by atoms with E-state index in [2.05, 4.69) is 10.4 Å². The van der Waals surface area contributed by atoms with Crippen molar-refractivity contribution in [2.24, 2.45) is 5.92 Å². The van der Waals surface area contributed by atoms with Crippen molar-refractivity contribution in [3.8, 4) is 0 Å². The largest absolute Gasteiger partial charge is 0.340 e. The monoisotopic (exact) mass is 347 g/mol. The Balaban J connectivity index is 1.45. The lowest BCUT2D eigenvalue weighted by Crippen LogP contribution is -2.52. The molecule has 138 valence electrons. The van der Waals surface area contributed by atoms with E-state index in [4.69, 9.17) is 0 Å². The molecule has 1 aromatic heterocycles. The van der Waals surface area contributed by atoms with Gasteiger partial charge in [-0.15, -0.1) is 0 Å². The second-order valence-corrected chi connectivity index (χ2v) is 7.42. The van der Waals surface area contributed by atoms with E-state index in [0.29, 0.717) is 19.6 Å². The number of nitrogens with zero attached hydrogens (tertiary/aromatic N) is 4. The Morgan fingerprint density at radius 2 is 2.08 bits per heavy atom. The topological polar surface area (TPSA) is 70.5 Å². The minimum absolute atomic E-state index is 0.0556. The molecule has 7 heteroatoms. The Hall–Kier alpha value is -2.05. The van der Waals surface area contributed by atoms with Crippen LogP contribution in [0.1, 0.15) is 37.1 Å². The fourth-order valence-electron chi connectivity index (χ4n) is 3.42. The maximum Gasteiger partial charge on any atom is 0.317 e. The maximum absolute atomic E-state index is 12.4. The minimum atomic E-state index is -0.0766. The summed E-state index contributed by atoms with van der Waals surface area (Å²) in [5, 5.41) is 7.51. The highest BCUT2D eigenvalue weighted by Gasteiger charge is 2.35. The van der Waals surface area contributed by atoms with Gasteiger partial charge in [-0.3, -0.25) is 9.48 Å². The average Bonchev–Trinajstić information content (AvgIpc) is 3.37. The molecular formula is C18H29N5O2. The fraction of sp³-hybridized carbons (Fsp3) is 0.722. The first-order chi connectivity index (χ1) is 11.9. The van der Waals surface area contributed by atoms with E-state index in [0.717, 1.165) is 43.6 Å². The van der Waals surface area contributed by atoms with Gasteiger partial charge in [-0.05, 0) is 45.6 Å². The Kier molecular flexibility index (Phi) is 5.30. The standard InChI is InChI=1S/C18H29N5O2/c1-13-11-14(2)23(20-13)10-9-21(3)18(25)19-16-5-4-8-22(12-16)17(24)15-6-7-15/h11,15-16H,4-10,12H2,1-3H3,(H,19,25). The smallest absolute Gasteiger partial charge is 0.317 e. The van der Waals surface area contributed by atoms with Gasteiger partial charge in [-0.25, -0.2) is 4.79 Å². The number of hydrogen-bond donors (Lipinski definition) is 1. The van der Waals surface area contributed by atoms with Gasteiger partial charge in [-0.1, -0.05) is 0 Å². The fourth-order valence-corrected chi connectivity index (χ4v) is 3.42. The third kappa shape index (κ3) is 4.52. The first kappa shape index (κ1) is 17.8. The van der Waals surface area contributed by atoms with E-state index >= 15 is 0 Å². The van der Waals surface area contributed by atoms with E-state index in [9.17, 15) is 9.59 Å². The van der Waals surface area contributed by atoms with Crippen LogP contribution in [-0.2, 0) is 11.3 Å². The average molecular weight is 347 g/mol. The maximum atomic E-state index is 12.4. The van der Waals surface area contributed by atoms with Crippen LogP contribution in [0.3, 0.4) is 0 Å². The van der Waals surface area contributed by atoms with Crippen LogP contribution >= 0.6 is 0 Å². The van der Waals surface area contributed by atoms with Crippen molar-refractivity contribution < 1.29 is 9.59 Å². The molecule has 1 saturated carbocycles. The summed E-state index contributed by atoms with van der Waals surface area (Å²) in [6.07, 6.45) is 3.95. The van der Waals surface area contributed by atoms with Crippen molar-refractivity contribution in [1.29, 1.82) is 0 Å². The van der Waals surface area contributed by atoms with Gasteiger partial charge in [0.2, 0.25) is 5.91 Å². The van der Waals surface area contributed by atoms with Gasteiger partial charge >= 0.3 is 6.03 Å². The molecule has 1 atom stereocenters. The van der Waals surface area contributed by atoms with Crippen molar-refractivity contribution >= 4 is 11.9 Å². The van der Waals surface area contributed by atoms with E-state index in [1.54, 1.807) is 11.9 Å². The molecule has 2 aliphatic rings. The lowest BCUT2D eigenvalue weighted by Gasteiger charge is -2.34. The molecular weight excluding hydrogens is 318 g/mol. The summed E-state index contributed by atoms with van der Waals surface area (Å²) in [4.78, 5) is 28.3. The van der Waals surface area contributed by atoms with Gasteiger partial charge in [0.05, 0.1) is 12.2 Å². The molecule has 3 rings (SSSR count). The number of amides is 3. The van der Waals surface area contributed by atoms with Gasteiger partial charge in [0, 0.05) is 44.3 Å². The molecule has 1 saturated heterocycles. The number of aromatic nitrogens is 2. The summed E-state index contributed by atoms with van der Waals surface area (Å²) in [5.41, 5.74) is 2.10. The number of carbonyl (C=O) groups excluding carboxylic acids is 2. The Bertz CT molecular complexity index is 637. The van der Waals surface area contributed by atoms with E-state index < -0.39 is 0 Å². The summed E-state index contributed by atoms with van der Waals surface area (Å²) in [6, 6.07) is 2.01. The molecule has 7 nitrogen and oxygen atoms in total. The summed E-state index contributed by atoms with van der Waals surface area (Å²) in [6.45, 7) is 6.75. The first-order valence-electron chi connectivity index (χ1n) is 9.25. The van der Waals surface area contributed by atoms with Crippen LogP contribution in [0, 0.1) is 19.8 Å². The Morgan fingerprint density at radius 1 is 1.32 bits per heavy atom. The highest BCUT2D eigenvalue weighted by Crippen LogP contribution is 2.31. The van der Waals surface area contributed by atoms with Crippen LogP contribution in [0.4, 0.5) is 4.79 Å². The van der Waals surface area contributed by atoms with Crippen molar-refractivity contribution in [3.63, 3.8) is 0 Å². The molecule has 1 N–H and O–H groups in total. The minimum Gasteiger partial charge on any atom is -0.340 e. The van der Waals surface area contributed by atoms with Gasteiger partial charge in [0.15, 0.2) is 0 Å². The second-order valence-electron chi connectivity index (χ2n) is 7.42. The number of likely N-dealkylation sites (N-methyl/N-ethyl adjacent to an activating group) is 1. The molecule has 0 radical (unpaired) electrons. The molecule has 1 aliphatic carbocycles. The zero-order chi connectivity index (χ0) is 18.0. The van der Waals surface area contributed by atoms with Crippen LogP contribution in [0.2, 0.25) is 0 Å². The van der Waals surface area contributed by atoms with Crippen LogP contribution < -0.4 is 5.32 Å². The van der Waals surface area contributed by atoms with Crippen molar-refractivity contribution in [3.05, 3.63) is 17.5 Å². The second kappa shape index (κ2) is 7.45. The number of likely N-dealkylation sites (tertiary alicyclic amines) is 1. The van der Waals surface area contributed by atoms with Crippen LogP contribution in [0.25, 0.3) is 0 Å². The van der Waals surface area contributed by atoms with E-state index in [-0.39, 0.29) is 23.9 Å². The molecule has 1 aliphatic heterocycles. The highest BCUT2D eigenvalue weighted by molar-refractivity contribution is 5.81. The van der Waals surface area contributed by atoms with Gasteiger partial charge < -0.3 is 15.1 Å². The number of rotatable bonds is 5. The number of urea groups is 1. The molecule has 1 unspecified atom stereocenters. The van der Waals surface area contributed by atoms with Crippen molar-refractivity contribution in [2.75, 3.05) is 26.7 Å². The quantitative estimate of drug-likeness (QED) is 0.878. The van der Waals surface area contributed by atoms with Crippen LogP contribution in [-0.4, -0.2) is 64.2 Å². The molecule has 3 amide bonds. The Labute approximate surface area is 149 Å². The van der Waals surface area contributed by atoms with E-state index in [1.165, 1.54) is 0 Å². The Morgan fingerprint density at radius 3 is 2.72 bits per heavy atom. The van der Waals surface area contributed by atoms with Crippen LogP contribution in [0.5, 0.6) is 0 Å². The molecule has 0 bridgehead atoms. The van der Waals surface area contributed by atoms with Crippen molar-refractivity contribution in [2.45, 2.75) is 52.1 Å². The predicted molar refractivity (Wildman–Crippen MR) is 95.2 cm³/mol. The SMILES string of the molecule is Cc1cc(C)n(CCN(C)C(=O)NC2CCCN(C(=O)C3CC3)C2)n1. The number of piperidine rings is 1. The van der Waals surface area contributed by atoms with Crippen LogP contribution in [0.15, 0.2) is 6.07 Å². The normalized spacial score (nSPS) is 20.4. The van der Waals surface area contributed by atoms with Gasteiger partial charge in [0.25, 0.3) is 0 Å². The molecule has 25 heavy (non-hydrogen) atoms. The van der Waals surface area contributed by atoms with Crippen molar-refractivity contribution in [1.82, 2.24) is 24.9 Å². The third-order valence-corrected chi connectivity index (χ3v) is 5.08. The molecule has 2 fully saturated rings. The molecule has 0 aromatic carbocycles. The third-order valence-electron chi connectivity index (χ3n) is 5.08. The van der Waals surface area contributed by atoms with E-state index in [1.807, 2.05) is 29.5 Å². The zero-order valence-electron chi connectivity index (χ0n) is 15.5. The number of hydrogen-bond acceptors (Lipinski definition) is 3. The lowest BCUT2D eigenvalue weighted by molar-refractivity contribution is -0.133. The number of carbonyl (C=O) groups is 2. The number of nitrogens with one attached hydrogen (secondary N) is 1. The first-order valence-corrected chi connectivity index (χ1v) is 9.25. The summed E-state index contributed by atoms with van der Waals surface area (Å²) >= 11 is 0. The lowest BCUT2D eigenvalue weighted by atomic mass is 10.1. The number of aryl methyl sites for hydroxylation is 2. The summed E-state index contributed by atoms with van der Waals surface area (Å²) in [5.74, 6) is 0.523. The predicted octanol–water partition coefficient (Wildman–Crippen LogP) is 1.54. The van der Waals surface area contributed by atoms with Gasteiger partial charge in [0.1, 0.15) is 0 Å².